The molecule has 1 aromatic carbocycles. The van der Waals surface area contributed by atoms with Gasteiger partial charge in [-0.25, -0.2) is 9.97 Å². The smallest absolute Gasteiger partial charge is 0.274 e. The van der Waals surface area contributed by atoms with E-state index < -0.39 is 0 Å². The van der Waals surface area contributed by atoms with Crippen LogP contribution in [0, 0.1) is 6.92 Å². The predicted octanol–water partition coefficient (Wildman–Crippen LogP) is 3.64. The lowest BCUT2D eigenvalue weighted by Crippen LogP contribution is -2.18. The number of amides is 1. The summed E-state index contributed by atoms with van der Waals surface area (Å²) in [6.07, 6.45) is 0.0196. The summed E-state index contributed by atoms with van der Waals surface area (Å²) < 4.78 is 5.72. The maximum absolute atomic E-state index is 12.6. The van der Waals surface area contributed by atoms with Crippen LogP contribution >= 0.6 is 0 Å². The van der Waals surface area contributed by atoms with E-state index >= 15 is 0 Å². The Balaban J connectivity index is 2.23. The fraction of sp³-hybridized carbons (Fsp3) is 0.389. The van der Waals surface area contributed by atoms with Gasteiger partial charge in [0.25, 0.3) is 5.91 Å². The van der Waals surface area contributed by atoms with Crippen LogP contribution in [0.5, 0.6) is 5.75 Å². The number of anilines is 2. The number of hydrogen-bond acceptors (Lipinski definition) is 5. The van der Waals surface area contributed by atoms with Crippen LogP contribution in [0.3, 0.4) is 0 Å². The molecule has 0 radical (unpaired) electrons. The van der Waals surface area contributed by atoms with Gasteiger partial charge in [0.2, 0.25) is 0 Å². The molecule has 2 aromatic rings. The van der Waals surface area contributed by atoms with E-state index in [-0.39, 0.29) is 18.1 Å². The first-order chi connectivity index (χ1) is 11.3. The fourth-order valence-corrected chi connectivity index (χ4v) is 2.17. The SMILES string of the molecule is Cc1nc(NC(C)C)cc(C(=O)Nc2ccccc2OC(C)C)n1. The molecule has 1 aromatic heterocycles. The summed E-state index contributed by atoms with van der Waals surface area (Å²) in [6, 6.07) is 9.21. The van der Waals surface area contributed by atoms with Crippen molar-refractivity contribution in [1.29, 1.82) is 0 Å². The third-order valence-corrected chi connectivity index (χ3v) is 3.01. The molecule has 0 saturated carbocycles. The number of para-hydroxylation sites is 2. The Hall–Kier alpha value is -2.63. The molecule has 2 rings (SSSR count). The van der Waals surface area contributed by atoms with E-state index in [1.54, 1.807) is 19.1 Å². The monoisotopic (exact) mass is 328 g/mol. The van der Waals surface area contributed by atoms with Crippen LogP contribution < -0.4 is 15.4 Å². The molecule has 0 atom stereocenters. The number of carbonyl (C=O) groups is 1. The zero-order valence-electron chi connectivity index (χ0n) is 14.8. The summed E-state index contributed by atoms with van der Waals surface area (Å²) in [5.74, 6) is 1.51. The molecular weight excluding hydrogens is 304 g/mol. The number of ether oxygens (including phenoxy) is 1. The molecule has 0 unspecified atom stereocenters. The van der Waals surface area contributed by atoms with Gasteiger partial charge in [-0.3, -0.25) is 4.79 Å². The van der Waals surface area contributed by atoms with Crippen molar-refractivity contribution in [2.45, 2.75) is 46.8 Å². The van der Waals surface area contributed by atoms with Gasteiger partial charge in [0.1, 0.15) is 23.1 Å². The minimum Gasteiger partial charge on any atom is -0.489 e. The topological polar surface area (TPSA) is 76.1 Å². The number of nitrogens with one attached hydrogen (secondary N) is 2. The fourth-order valence-electron chi connectivity index (χ4n) is 2.17. The first kappa shape index (κ1) is 17.7. The van der Waals surface area contributed by atoms with Crippen molar-refractivity contribution >= 4 is 17.4 Å². The molecule has 0 saturated heterocycles. The predicted molar refractivity (Wildman–Crippen MR) is 95.7 cm³/mol. The molecular formula is C18H24N4O2. The van der Waals surface area contributed by atoms with Crippen LogP contribution in [0.1, 0.15) is 44.0 Å². The zero-order chi connectivity index (χ0) is 17.7. The highest BCUT2D eigenvalue weighted by Gasteiger charge is 2.14. The van der Waals surface area contributed by atoms with Gasteiger partial charge in [-0.1, -0.05) is 12.1 Å². The Labute approximate surface area is 142 Å². The third kappa shape index (κ3) is 4.94. The van der Waals surface area contributed by atoms with Gasteiger partial charge in [0, 0.05) is 12.1 Å². The normalized spacial score (nSPS) is 10.8. The number of hydrogen-bond donors (Lipinski definition) is 2. The van der Waals surface area contributed by atoms with Crippen LogP contribution in [0.15, 0.2) is 30.3 Å². The van der Waals surface area contributed by atoms with Gasteiger partial charge in [-0.05, 0) is 46.8 Å². The van der Waals surface area contributed by atoms with Crippen molar-refractivity contribution in [3.05, 3.63) is 41.9 Å². The van der Waals surface area contributed by atoms with Crippen molar-refractivity contribution < 1.29 is 9.53 Å². The molecule has 0 fully saturated rings. The molecule has 0 bridgehead atoms. The molecule has 0 aliphatic carbocycles. The summed E-state index contributed by atoms with van der Waals surface area (Å²) >= 11 is 0. The first-order valence-corrected chi connectivity index (χ1v) is 8.04. The summed E-state index contributed by atoms with van der Waals surface area (Å²) in [7, 11) is 0. The Morgan fingerprint density at radius 2 is 1.83 bits per heavy atom. The van der Waals surface area contributed by atoms with Crippen LogP contribution in [0.4, 0.5) is 11.5 Å². The summed E-state index contributed by atoms with van der Waals surface area (Å²) in [5.41, 5.74) is 0.927. The van der Waals surface area contributed by atoms with E-state index in [4.69, 9.17) is 4.74 Å². The number of aryl methyl sites for hydroxylation is 1. The molecule has 128 valence electrons. The second kappa shape index (κ2) is 7.77. The van der Waals surface area contributed by atoms with Crippen LogP contribution in [0.25, 0.3) is 0 Å². The lowest BCUT2D eigenvalue weighted by Gasteiger charge is -2.15. The van der Waals surface area contributed by atoms with Crippen molar-refractivity contribution in [3.8, 4) is 5.75 Å². The van der Waals surface area contributed by atoms with E-state index in [1.807, 2.05) is 45.9 Å². The standard InChI is InChI=1S/C18H24N4O2/c1-11(2)19-17-10-15(20-13(5)21-17)18(23)22-14-8-6-7-9-16(14)24-12(3)4/h6-12H,1-5H3,(H,22,23)(H,19,20,21). The highest BCUT2D eigenvalue weighted by Crippen LogP contribution is 2.25. The number of carbonyl (C=O) groups excluding carboxylic acids is 1. The van der Waals surface area contributed by atoms with Crippen LogP contribution in [0.2, 0.25) is 0 Å². The van der Waals surface area contributed by atoms with Crippen molar-refractivity contribution in [2.24, 2.45) is 0 Å². The lowest BCUT2D eigenvalue weighted by molar-refractivity contribution is 0.102. The number of nitrogens with zero attached hydrogens (tertiary/aromatic N) is 2. The van der Waals surface area contributed by atoms with Crippen molar-refractivity contribution in [1.82, 2.24) is 9.97 Å². The quantitative estimate of drug-likeness (QED) is 0.846. The second-order valence-corrected chi connectivity index (χ2v) is 6.10. The molecule has 0 spiro atoms. The maximum Gasteiger partial charge on any atom is 0.274 e. The molecule has 0 aliphatic rings. The van der Waals surface area contributed by atoms with Crippen LogP contribution in [-0.2, 0) is 0 Å². The Morgan fingerprint density at radius 1 is 1.12 bits per heavy atom. The van der Waals surface area contributed by atoms with E-state index in [1.165, 1.54) is 0 Å². The number of aromatic nitrogens is 2. The highest BCUT2D eigenvalue weighted by molar-refractivity contribution is 6.04. The Bertz CT molecular complexity index is 714. The molecule has 2 N–H and O–H groups in total. The lowest BCUT2D eigenvalue weighted by atomic mass is 10.2. The van der Waals surface area contributed by atoms with E-state index in [9.17, 15) is 4.79 Å². The van der Waals surface area contributed by atoms with Gasteiger partial charge in [-0.2, -0.15) is 0 Å². The highest BCUT2D eigenvalue weighted by atomic mass is 16.5. The minimum atomic E-state index is -0.299. The van der Waals surface area contributed by atoms with E-state index in [2.05, 4.69) is 20.6 Å². The van der Waals surface area contributed by atoms with Crippen molar-refractivity contribution in [2.75, 3.05) is 10.6 Å². The van der Waals surface area contributed by atoms with E-state index in [0.717, 1.165) is 0 Å². The Kier molecular flexibility index (Phi) is 5.73. The van der Waals surface area contributed by atoms with Gasteiger partial charge in [0.15, 0.2) is 0 Å². The number of benzene rings is 1. The van der Waals surface area contributed by atoms with Crippen molar-refractivity contribution in [3.63, 3.8) is 0 Å². The largest absolute Gasteiger partial charge is 0.489 e. The van der Waals surface area contributed by atoms with E-state index in [0.29, 0.717) is 28.8 Å². The summed E-state index contributed by atoms with van der Waals surface area (Å²) in [4.78, 5) is 21.1. The average molecular weight is 328 g/mol. The second-order valence-electron chi connectivity index (χ2n) is 6.10. The maximum atomic E-state index is 12.6. The van der Waals surface area contributed by atoms with Gasteiger partial charge >= 0.3 is 0 Å². The average Bonchev–Trinajstić information content (AvgIpc) is 2.47. The summed E-state index contributed by atoms with van der Waals surface area (Å²) in [5, 5.41) is 6.04. The van der Waals surface area contributed by atoms with Crippen LogP contribution in [-0.4, -0.2) is 28.0 Å². The minimum absolute atomic E-state index is 0.0196. The number of rotatable bonds is 6. The Morgan fingerprint density at radius 3 is 2.50 bits per heavy atom. The zero-order valence-corrected chi connectivity index (χ0v) is 14.8. The molecule has 0 aliphatic heterocycles. The molecule has 24 heavy (non-hydrogen) atoms. The molecule has 1 heterocycles. The molecule has 6 heteroatoms. The molecule has 1 amide bonds. The van der Waals surface area contributed by atoms with Gasteiger partial charge < -0.3 is 15.4 Å². The van der Waals surface area contributed by atoms with Gasteiger partial charge in [-0.15, -0.1) is 0 Å². The van der Waals surface area contributed by atoms with Gasteiger partial charge in [0.05, 0.1) is 11.8 Å². The first-order valence-electron chi connectivity index (χ1n) is 8.04. The summed E-state index contributed by atoms with van der Waals surface area (Å²) in [6.45, 7) is 9.66. The molecule has 6 nitrogen and oxygen atoms in total. The third-order valence-electron chi connectivity index (χ3n) is 3.01.